The highest BCUT2D eigenvalue weighted by molar-refractivity contribution is 7.71. The largest absolute Gasteiger partial charge is 0.497 e. The zero-order valence-electron chi connectivity index (χ0n) is 15.4. The molecular formula is C20H22N4OS. The Bertz CT molecular complexity index is 976. The van der Waals surface area contributed by atoms with E-state index in [9.17, 15) is 0 Å². The minimum atomic E-state index is 0.479. The molecule has 134 valence electrons. The molecule has 0 saturated heterocycles. The van der Waals surface area contributed by atoms with Gasteiger partial charge in [-0.15, -0.1) is 0 Å². The van der Waals surface area contributed by atoms with Crippen LogP contribution in [0.25, 0.3) is 0 Å². The highest BCUT2D eigenvalue weighted by Crippen LogP contribution is 2.16. The molecule has 0 aliphatic carbocycles. The van der Waals surface area contributed by atoms with Crippen LogP contribution in [0.3, 0.4) is 0 Å². The molecule has 0 spiro atoms. The number of hydrogen-bond donors (Lipinski definition) is 1. The van der Waals surface area contributed by atoms with Crippen molar-refractivity contribution in [2.75, 3.05) is 7.11 Å². The Morgan fingerprint density at radius 1 is 1.15 bits per heavy atom. The third-order valence-electron chi connectivity index (χ3n) is 4.28. The van der Waals surface area contributed by atoms with Gasteiger partial charge in [-0.3, -0.25) is 5.10 Å². The monoisotopic (exact) mass is 366 g/mol. The van der Waals surface area contributed by atoms with Gasteiger partial charge < -0.3 is 4.74 Å². The first-order valence-electron chi connectivity index (χ1n) is 8.39. The van der Waals surface area contributed by atoms with Crippen molar-refractivity contribution in [3.8, 4) is 5.75 Å². The number of aromatic nitrogens is 3. The molecule has 1 aromatic heterocycles. The molecule has 0 amide bonds. The first kappa shape index (κ1) is 18.1. The summed E-state index contributed by atoms with van der Waals surface area (Å²) in [4.78, 5) is 0. The van der Waals surface area contributed by atoms with Crippen LogP contribution < -0.4 is 4.74 Å². The quantitative estimate of drug-likeness (QED) is 0.539. The fraction of sp³-hybridized carbons (Fsp3) is 0.250. The Kier molecular flexibility index (Phi) is 5.32. The van der Waals surface area contributed by atoms with Crippen molar-refractivity contribution >= 4 is 18.4 Å². The fourth-order valence-electron chi connectivity index (χ4n) is 2.99. The number of ether oxygens (including phenoxy) is 1. The Balaban J connectivity index is 1.89. The van der Waals surface area contributed by atoms with E-state index < -0.39 is 0 Å². The van der Waals surface area contributed by atoms with Crippen LogP contribution in [0.1, 0.15) is 33.6 Å². The van der Waals surface area contributed by atoms with E-state index in [0.717, 1.165) is 22.7 Å². The third kappa shape index (κ3) is 3.91. The van der Waals surface area contributed by atoms with Crippen molar-refractivity contribution in [3.63, 3.8) is 0 Å². The van der Waals surface area contributed by atoms with Crippen molar-refractivity contribution in [3.05, 3.63) is 74.8 Å². The lowest BCUT2D eigenvalue weighted by atomic mass is 10.0. The van der Waals surface area contributed by atoms with E-state index >= 15 is 0 Å². The molecule has 3 aromatic rings. The number of nitrogens with zero attached hydrogens (tertiary/aromatic N) is 3. The first-order chi connectivity index (χ1) is 12.5. The summed E-state index contributed by atoms with van der Waals surface area (Å²) in [5.41, 5.74) is 5.85. The average molecular weight is 366 g/mol. The van der Waals surface area contributed by atoms with Crippen LogP contribution in [0.2, 0.25) is 0 Å². The number of H-pyrrole nitrogens is 1. The topological polar surface area (TPSA) is 55.2 Å². The van der Waals surface area contributed by atoms with E-state index in [-0.39, 0.29) is 0 Å². The molecule has 2 aromatic carbocycles. The summed E-state index contributed by atoms with van der Waals surface area (Å²) in [6.45, 7) is 6.28. The molecule has 0 unspecified atom stereocenters. The molecule has 26 heavy (non-hydrogen) atoms. The van der Waals surface area contributed by atoms with E-state index in [1.54, 1.807) is 11.8 Å². The molecule has 0 radical (unpaired) electrons. The Labute approximate surface area is 158 Å². The molecule has 0 aliphatic rings. The molecule has 6 heteroatoms. The van der Waals surface area contributed by atoms with Gasteiger partial charge in [0.05, 0.1) is 13.3 Å². The molecule has 1 heterocycles. The number of aryl methyl sites for hydroxylation is 3. The van der Waals surface area contributed by atoms with Crippen molar-refractivity contribution < 1.29 is 4.74 Å². The number of rotatable bonds is 5. The van der Waals surface area contributed by atoms with Gasteiger partial charge in [-0.05, 0) is 61.8 Å². The van der Waals surface area contributed by atoms with Gasteiger partial charge in [0.1, 0.15) is 5.75 Å². The van der Waals surface area contributed by atoms with Gasteiger partial charge in [0.2, 0.25) is 4.77 Å². The van der Waals surface area contributed by atoms with E-state index in [0.29, 0.717) is 11.2 Å². The second kappa shape index (κ2) is 7.66. The smallest absolute Gasteiger partial charge is 0.216 e. The van der Waals surface area contributed by atoms with Gasteiger partial charge in [-0.25, -0.2) is 0 Å². The maximum absolute atomic E-state index is 5.34. The summed E-state index contributed by atoms with van der Waals surface area (Å²) in [7, 11) is 1.66. The first-order valence-corrected chi connectivity index (χ1v) is 8.80. The van der Waals surface area contributed by atoms with E-state index in [4.69, 9.17) is 17.0 Å². The maximum atomic E-state index is 5.34. The third-order valence-corrected chi connectivity index (χ3v) is 4.54. The molecular weight excluding hydrogens is 344 g/mol. The molecule has 0 bridgehead atoms. The van der Waals surface area contributed by atoms with Crippen molar-refractivity contribution in [1.29, 1.82) is 0 Å². The highest BCUT2D eigenvalue weighted by atomic mass is 32.1. The number of methoxy groups -OCH3 is 1. The molecule has 3 rings (SSSR count). The zero-order chi connectivity index (χ0) is 18.7. The normalized spacial score (nSPS) is 11.2. The minimum Gasteiger partial charge on any atom is -0.497 e. The molecule has 5 nitrogen and oxygen atoms in total. The number of aromatic amines is 1. The van der Waals surface area contributed by atoms with Gasteiger partial charge in [0.15, 0.2) is 5.82 Å². The fourth-order valence-corrected chi connectivity index (χ4v) is 3.19. The van der Waals surface area contributed by atoms with Crippen LogP contribution in [0.4, 0.5) is 0 Å². The summed E-state index contributed by atoms with van der Waals surface area (Å²) in [5.74, 6) is 1.59. The van der Waals surface area contributed by atoms with E-state index in [2.05, 4.69) is 48.2 Å². The summed E-state index contributed by atoms with van der Waals surface area (Å²) < 4.78 is 7.36. The lowest BCUT2D eigenvalue weighted by Crippen LogP contribution is -2.02. The molecule has 0 aliphatic heterocycles. The SMILES string of the molecule is COc1ccc(Cc2n[nH]c(=S)n2/N=C\c2c(C)cc(C)cc2C)cc1. The van der Waals surface area contributed by atoms with Crippen molar-refractivity contribution in [2.45, 2.75) is 27.2 Å². The standard InChI is InChI=1S/C20H22N4OS/c1-13-9-14(2)18(15(3)10-13)12-21-24-19(22-23-20(24)26)11-16-5-7-17(25-4)8-6-16/h5-10,12H,11H2,1-4H3,(H,23,26)/b21-12-. The van der Waals surface area contributed by atoms with Crippen LogP contribution in [0, 0.1) is 25.5 Å². The van der Waals surface area contributed by atoms with E-state index in [1.807, 2.05) is 30.5 Å². The lowest BCUT2D eigenvalue weighted by Gasteiger charge is -2.07. The molecule has 0 atom stereocenters. The predicted octanol–water partition coefficient (Wildman–Crippen LogP) is 4.35. The van der Waals surface area contributed by atoms with Gasteiger partial charge >= 0.3 is 0 Å². The van der Waals surface area contributed by atoms with Crippen molar-refractivity contribution in [2.24, 2.45) is 5.10 Å². The van der Waals surface area contributed by atoms with Crippen LogP contribution in [-0.2, 0) is 6.42 Å². The van der Waals surface area contributed by atoms with Crippen molar-refractivity contribution in [1.82, 2.24) is 14.9 Å². The maximum Gasteiger partial charge on any atom is 0.216 e. The Morgan fingerprint density at radius 2 is 1.81 bits per heavy atom. The summed E-state index contributed by atoms with van der Waals surface area (Å²) >= 11 is 5.34. The average Bonchev–Trinajstić information content (AvgIpc) is 2.95. The van der Waals surface area contributed by atoms with Gasteiger partial charge in [-0.1, -0.05) is 29.8 Å². The van der Waals surface area contributed by atoms with Crippen LogP contribution >= 0.6 is 12.2 Å². The number of hydrogen-bond acceptors (Lipinski definition) is 4. The number of nitrogens with one attached hydrogen (secondary N) is 1. The van der Waals surface area contributed by atoms with Crippen LogP contribution in [-0.4, -0.2) is 28.2 Å². The summed E-state index contributed by atoms with van der Waals surface area (Å²) in [5, 5.41) is 11.7. The molecule has 1 N–H and O–H groups in total. The highest BCUT2D eigenvalue weighted by Gasteiger charge is 2.08. The Hall–Kier alpha value is -2.73. The second-order valence-electron chi connectivity index (χ2n) is 6.34. The van der Waals surface area contributed by atoms with E-state index in [1.165, 1.54) is 16.7 Å². The molecule has 0 saturated carbocycles. The summed E-state index contributed by atoms with van der Waals surface area (Å²) in [6.07, 6.45) is 2.48. The van der Waals surface area contributed by atoms with Gasteiger partial charge in [-0.2, -0.15) is 14.9 Å². The lowest BCUT2D eigenvalue weighted by molar-refractivity contribution is 0.414. The second-order valence-corrected chi connectivity index (χ2v) is 6.73. The minimum absolute atomic E-state index is 0.479. The van der Waals surface area contributed by atoms with Gasteiger partial charge in [0, 0.05) is 12.0 Å². The van der Waals surface area contributed by atoms with Crippen LogP contribution in [0.5, 0.6) is 5.75 Å². The number of benzene rings is 2. The summed E-state index contributed by atoms with van der Waals surface area (Å²) in [6, 6.07) is 12.2. The molecule has 0 fully saturated rings. The zero-order valence-corrected chi connectivity index (χ0v) is 16.2. The Morgan fingerprint density at radius 3 is 2.42 bits per heavy atom. The predicted molar refractivity (Wildman–Crippen MR) is 107 cm³/mol. The van der Waals surface area contributed by atoms with Crippen LogP contribution in [0.15, 0.2) is 41.5 Å². The van der Waals surface area contributed by atoms with Gasteiger partial charge in [0.25, 0.3) is 0 Å².